The van der Waals surface area contributed by atoms with Crippen LogP contribution in [0.4, 0.5) is 26.1 Å². The van der Waals surface area contributed by atoms with Gasteiger partial charge in [0, 0.05) is 24.2 Å². The lowest BCUT2D eigenvalue weighted by atomic mass is 10.0. The van der Waals surface area contributed by atoms with E-state index in [2.05, 4.69) is 30.7 Å². The van der Waals surface area contributed by atoms with Gasteiger partial charge in [-0.1, -0.05) is 24.3 Å². The molecule has 5 rings (SSSR count). The van der Waals surface area contributed by atoms with E-state index in [1.165, 1.54) is 30.8 Å². The standard InChI is InChI=1S/C24H21F2N7O/c25-23(26)33-14-21(13-30-33)32-24-28-10-19(11-29-24)17-3-1-15(2-4-17)7-22(34)31-20-8-18(9-27-12-20)16-5-6-16/h1-4,8-14,16,23H,5-7H2,(H,31,34)(H,28,29,32). The molecule has 0 unspecified atom stereocenters. The van der Waals surface area contributed by atoms with Gasteiger partial charge in [-0.3, -0.25) is 9.78 Å². The van der Waals surface area contributed by atoms with Gasteiger partial charge < -0.3 is 10.6 Å². The van der Waals surface area contributed by atoms with Crippen LogP contribution in [0.5, 0.6) is 0 Å². The largest absolute Gasteiger partial charge is 0.333 e. The number of pyridine rings is 1. The van der Waals surface area contributed by atoms with E-state index in [-0.39, 0.29) is 18.3 Å². The third kappa shape index (κ3) is 5.22. The van der Waals surface area contributed by atoms with Crippen LogP contribution in [0.3, 0.4) is 0 Å². The molecule has 8 nitrogen and oxygen atoms in total. The van der Waals surface area contributed by atoms with E-state index in [0.717, 1.165) is 22.4 Å². The summed E-state index contributed by atoms with van der Waals surface area (Å²) in [5.74, 6) is 0.748. The minimum absolute atomic E-state index is 0.101. The third-order valence-corrected chi connectivity index (χ3v) is 5.45. The summed E-state index contributed by atoms with van der Waals surface area (Å²) >= 11 is 0. The number of hydrogen-bond donors (Lipinski definition) is 2. The molecule has 34 heavy (non-hydrogen) atoms. The van der Waals surface area contributed by atoms with Crippen LogP contribution in [0, 0.1) is 0 Å². The van der Waals surface area contributed by atoms with Crippen molar-refractivity contribution < 1.29 is 13.6 Å². The Labute approximate surface area is 194 Å². The average Bonchev–Trinajstić information content (AvgIpc) is 3.59. The minimum atomic E-state index is -2.71. The number of carbonyl (C=O) groups excluding carboxylic acids is 1. The highest BCUT2D eigenvalue weighted by atomic mass is 19.3. The van der Waals surface area contributed by atoms with Gasteiger partial charge in [0.2, 0.25) is 11.9 Å². The summed E-state index contributed by atoms with van der Waals surface area (Å²) in [5.41, 5.74) is 4.82. The van der Waals surface area contributed by atoms with Gasteiger partial charge in [0.25, 0.3) is 0 Å². The Balaban J connectivity index is 1.18. The molecule has 3 heterocycles. The Morgan fingerprint density at radius 1 is 1.00 bits per heavy atom. The fraction of sp³-hybridized carbons (Fsp3) is 0.208. The van der Waals surface area contributed by atoms with Crippen LogP contribution in [0.2, 0.25) is 0 Å². The highest BCUT2D eigenvalue weighted by Gasteiger charge is 2.24. The molecule has 0 radical (unpaired) electrons. The Morgan fingerprint density at radius 2 is 1.76 bits per heavy atom. The summed E-state index contributed by atoms with van der Waals surface area (Å²) in [5, 5.41) is 9.31. The summed E-state index contributed by atoms with van der Waals surface area (Å²) < 4.78 is 25.8. The number of aromatic nitrogens is 5. The molecule has 0 aliphatic heterocycles. The minimum Gasteiger partial charge on any atom is -0.324 e. The highest BCUT2D eigenvalue weighted by molar-refractivity contribution is 5.92. The molecule has 10 heteroatoms. The second-order valence-corrected chi connectivity index (χ2v) is 8.11. The molecule has 3 aromatic heterocycles. The van der Waals surface area contributed by atoms with Crippen LogP contribution >= 0.6 is 0 Å². The molecular formula is C24H21F2N7O. The Bertz CT molecular complexity index is 1290. The zero-order valence-electron chi connectivity index (χ0n) is 18.0. The summed E-state index contributed by atoms with van der Waals surface area (Å²) in [6.07, 6.45) is 11.9. The topological polar surface area (TPSA) is 97.6 Å². The summed E-state index contributed by atoms with van der Waals surface area (Å²) in [6.45, 7) is -2.71. The lowest BCUT2D eigenvalue weighted by Gasteiger charge is -2.08. The van der Waals surface area contributed by atoms with Crippen molar-refractivity contribution in [2.45, 2.75) is 31.7 Å². The number of amides is 1. The predicted molar refractivity (Wildman–Crippen MR) is 123 cm³/mol. The molecule has 1 fully saturated rings. The number of alkyl halides is 2. The normalized spacial score (nSPS) is 13.1. The molecule has 1 aliphatic rings. The van der Waals surface area contributed by atoms with Crippen LogP contribution in [0.15, 0.2) is 67.5 Å². The van der Waals surface area contributed by atoms with E-state index in [1.54, 1.807) is 18.6 Å². The van der Waals surface area contributed by atoms with Crippen molar-refractivity contribution in [2.75, 3.05) is 10.6 Å². The number of rotatable bonds is 8. The SMILES string of the molecule is O=C(Cc1ccc(-c2cnc(Nc3cnn(C(F)F)c3)nc2)cc1)Nc1cncc(C2CC2)c1. The smallest absolute Gasteiger partial charge is 0.324 e. The molecule has 1 aromatic carbocycles. The fourth-order valence-electron chi connectivity index (χ4n) is 3.55. The molecule has 1 saturated carbocycles. The molecule has 172 valence electrons. The molecule has 0 atom stereocenters. The van der Waals surface area contributed by atoms with Crippen molar-refractivity contribution in [1.29, 1.82) is 0 Å². The third-order valence-electron chi connectivity index (χ3n) is 5.45. The first-order chi connectivity index (χ1) is 16.5. The number of nitrogens with zero attached hydrogens (tertiary/aromatic N) is 5. The summed E-state index contributed by atoms with van der Waals surface area (Å²) in [4.78, 5) is 25.1. The van der Waals surface area contributed by atoms with E-state index >= 15 is 0 Å². The van der Waals surface area contributed by atoms with Crippen molar-refractivity contribution in [1.82, 2.24) is 24.7 Å². The van der Waals surface area contributed by atoms with E-state index in [4.69, 9.17) is 0 Å². The van der Waals surface area contributed by atoms with Crippen LogP contribution in [0.1, 0.15) is 36.4 Å². The zero-order valence-corrected chi connectivity index (χ0v) is 18.0. The zero-order chi connectivity index (χ0) is 23.5. The second-order valence-electron chi connectivity index (χ2n) is 8.11. The first-order valence-electron chi connectivity index (χ1n) is 10.8. The van der Waals surface area contributed by atoms with Gasteiger partial charge in [0.15, 0.2) is 0 Å². The van der Waals surface area contributed by atoms with E-state index < -0.39 is 6.55 Å². The maximum atomic E-state index is 12.6. The first-order valence-corrected chi connectivity index (χ1v) is 10.8. The van der Waals surface area contributed by atoms with Gasteiger partial charge in [-0.2, -0.15) is 13.9 Å². The van der Waals surface area contributed by atoms with Crippen LogP contribution in [-0.4, -0.2) is 30.6 Å². The first kappa shape index (κ1) is 21.6. The van der Waals surface area contributed by atoms with E-state index in [0.29, 0.717) is 16.3 Å². The predicted octanol–water partition coefficient (Wildman–Crippen LogP) is 4.93. The van der Waals surface area contributed by atoms with Crippen molar-refractivity contribution in [3.8, 4) is 11.1 Å². The van der Waals surface area contributed by atoms with Crippen LogP contribution in [-0.2, 0) is 11.2 Å². The maximum Gasteiger partial charge on any atom is 0.333 e. The Hall–Kier alpha value is -4.21. The van der Waals surface area contributed by atoms with Crippen molar-refractivity contribution >= 4 is 23.2 Å². The van der Waals surface area contributed by atoms with Crippen LogP contribution in [0.25, 0.3) is 11.1 Å². The Kier molecular flexibility index (Phi) is 5.94. The maximum absolute atomic E-state index is 12.6. The lowest BCUT2D eigenvalue weighted by Crippen LogP contribution is -2.14. The number of halogens is 2. The molecular weight excluding hydrogens is 440 g/mol. The summed E-state index contributed by atoms with van der Waals surface area (Å²) in [6, 6.07) is 9.57. The molecule has 0 spiro atoms. The average molecular weight is 461 g/mol. The highest BCUT2D eigenvalue weighted by Crippen LogP contribution is 2.40. The molecule has 1 amide bonds. The molecule has 2 N–H and O–H groups in total. The van der Waals surface area contributed by atoms with Gasteiger partial charge in [-0.25, -0.2) is 14.6 Å². The summed E-state index contributed by atoms with van der Waals surface area (Å²) in [7, 11) is 0. The van der Waals surface area contributed by atoms with Gasteiger partial charge >= 0.3 is 6.55 Å². The number of carbonyl (C=O) groups is 1. The van der Waals surface area contributed by atoms with Crippen LogP contribution < -0.4 is 10.6 Å². The molecule has 0 bridgehead atoms. The fourth-order valence-corrected chi connectivity index (χ4v) is 3.55. The van der Waals surface area contributed by atoms with Crippen molar-refractivity contribution in [2.24, 2.45) is 0 Å². The lowest BCUT2D eigenvalue weighted by molar-refractivity contribution is -0.115. The van der Waals surface area contributed by atoms with Gasteiger partial charge in [-0.05, 0) is 41.5 Å². The molecule has 1 aliphatic carbocycles. The monoisotopic (exact) mass is 461 g/mol. The van der Waals surface area contributed by atoms with E-state index in [1.807, 2.05) is 36.5 Å². The number of hydrogen-bond acceptors (Lipinski definition) is 6. The van der Waals surface area contributed by atoms with Crippen molar-refractivity contribution in [3.63, 3.8) is 0 Å². The van der Waals surface area contributed by atoms with Gasteiger partial charge in [0.1, 0.15) is 0 Å². The van der Waals surface area contributed by atoms with Crippen molar-refractivity contribution in [3.05, 3.63) is 78.6 Å². The molecule has 4 aromatic rings. The second kappa shape index (κ2) is 9.34. The number of nitrogens with one attached hydrogen (secondary N) is 2. The number of benzene rings is 1. The van der Waals surface area contributed by atoms with Gasteiger partial charge in [-0.15, -0.1) is 0 Å². The Morgan fingerprint density at radius 3 is 2.44 bits per heavy atom. The number of anilines is 3. The van der Waals surface area contributed by atoms with Gasteiger partial charge in [0.05, 0.1) is 36.4 Å². The quantitative estimate of drug-likeness (QED) is 0.386. The van der Waals surface area contributed by atoms with E-state index in [9.17, 15) is 13.6 Å². The molecule has 0 saturated heterocycles.